The molecule has 0 fully saturated rings. The van der Waals surface area contributed by atoms with Gasteiger partial charge in [0.15, 0.2) is 0 Å². The Labute approximate surface area is 111 Å². The number of methoxy groups -OCH3 is 1. The third kappa shape index (κ3) is 2.83. The molecule has 0 aliphatic carbocycles. The van der Waals surface area contributed by atoms with Crippen LogP contribution in [-0.2, 0) is 21.3 Å². The van der Waals surface area contributed by atoms with Crippen molar-refractivity contribution in [2.24, 2.45) is 0 Å². The minimum atomic E-state index is -0.352. The van der Waals surface area contributed by atoms with E-state index in [-0.39, 0.29) is 12.4 Å². The minimum absolute atomic E-state index is 0.112. The summed E-state index contributed by atoms with van der Waals surface area (Å²) >= 11 is 6.69. The number of nitrogens with zero attached hydrogens (tertiary/aromatic N) is 1. The molecule has 0 aliphatic rings. The number of carbonyl (C=O) groups excluding carboxylic acids is 1. The van der Waals surface area contributed by atoms with Crippen LogP contribution in [0, 0.1) is 11.3 Å². The summed E-state index contributed by atoms with van der Waals surface area (Å²) in [4.78, 5) is 11.2. The van der Waals surface area contributed by atoms with E-state index >= 15 is 0 Å². The van der Waals surface area contributed by atoms with Crippen LogP contribution in [0.5, 0.6) is 0 Å². The summed E-state index contributed by atoms with van der Waals surface area (Å²) in [5.74, 6) is -0.352. The van der Waals surface area contributed by atoms with E-state index in [2.05, 4.69) is 42.7 Å². The number of benzene rings is 1. The molecule has 0 heterocycles. The lowest BCUT2D eigenvalue weighted by Gasteiger charge is -2.08. The molecule has 84 valence electrons. The maximum absolute atomic E-state index is 11.2. The molecular formula is C11H9Br2NO2. The second-order valence-corrected chi connectivity index (χ2v) is 4.42. The van der Waals surface area contributed by atoms with E-state index in [9.17, 15) is 4.79 Å². The second kappa shape index (κ2) is 6.02. The van der Waals surface area contributed by atoms with E-state index in [1.165, 1.54) is 7.11 Å². The van der Waals surface area contributed by atoms with Crippen LogP contribution >= 0.6 is 31.9 Å². The highest BCUT2D eigenvalue weighted by atomic mass is 79.9. The fourth-order valence-electron chi connectivity index (χ4n) is 1.26. The van der Waals surface area contributed by atoms with Crippen molar-refractivity contribution in [2.75, 3.05) is 7.11 Å². The highest BCUT2D eigenvalue weighted by molar-refractivity contribution is 9.10. The van der Waals surface area contributed by atoms with Crippen molar-refractivity contribution >= 4 is 37.8 Å². The first-order valence-corrected chi connectivity index (χ1v) is 6.38. The van der Waals surface area contributed by atoms with E-state index in [0.29, 0.717) is 16.5 Å². The molecule has 0 atom stereocenters. The predicted molar refractivity (Wildman–Crippen MR) is 67.2 cm³/mol. The van der Waals surface area contributed by atoms with Crippen LogP contribution in [-0.4, -0.2) is 13.1 Å². The highest BCUT2D eigenvalue weighted by Gasteiger charge is 2.13. The molecule has 0 saturated heterocycles. The summed E-state index contributed by atoms with van der Waals surface area (Å²) in [7, 11) is 1.33. The monoisotopic (exact) mass is 345 g/mol. The van der Waals surface area contributed by atoms with Crippen molar-refractivity contribution in [2.45, 2.75) is 11.8 Å². The lowest BCUT2D eigenvalue weighted by atomic mass is 10.0. The summed E-state index contributed by atoms with van der Waals surface area (Å²) < 4.78 is 5.31. The van der Waals surface area contributed by atoms with Crippen LogP contribution < -0.4 is 0 Å². The normalized spacial score (nSPS) is 9.62. The van der Waals surface area contributed by atoms with Gasteiger partial charge in [-0.1, -0.05) is 28.1 Å². The topological polar surface area (TPSA) is 50.1 Å². The average Bonchev–Trinajstić information content (AvgIpc) is 2.29. The number of hydrogen-bond donors (Lipinski definition) is 0. The van der Waals surface area contributed by atoms with E-state index in [1.54, 1.807) is 6.07 Å². The van der Waals surface area contributed by atoms with Crippen LogP contribution in [0.1, 0.15) is 16.7 Å². The highest BCUT2D eigenvalue weighted by Crippen LogP contribution is 2.26. The van der Waals surface area contributed by atoms with Gasteiger partial charge >= 0.3 is 5.97 Å². The van der Waals surface area contributed by atoms with Crippen LogP contribution in [0.3, 0.4) is 0 Å². The predicted octanol–water partition coefficient (Wildman–Crippen LogP) is 2.93. The van der Waals surface area contributed by atoms with Gasteiger partial charge < -0.3 is 4.74 Å². The Bertz CT molecular complexity index is 452. The van der Waals surface area contributed by atoms with E-state index in [1.807, 2.05) is 6.07 Å². The molecule has 0 aliphatic heterocycles. The molecule has 0 saturated carbocycles. The molecule has 5 heteroatoms. The molecule has 0 amide bonds. The molecule has 0 bridgehead atoms. The van der Waals surface area contributed by atoms with Gasteiger partial charge in [0.2, 0.25) is 0 Å². The lowest BCUT2D eigenvalue weighted by molar-refractivity contribution is -0.139. The summed E-state index contributed by atoms with van der Waals surface area (Å²) in [5, 5.41) is 9.71. The smallest absolute Gasteiger partial charge is 0.310 e. The summed E-state index contributed by atoms with van der Waals surface area (Å²) in [6, 6.07) is 5.74. The number of halogens is 2. The average molecular weight is 347 g/mol. The van der Waals surface area contributed by atoms with E-state index in [4.69, 9.17) is 5.26 Å². The fourth-order valence-corrected chi connectivity index (χ4v) is 2.72. The Morgan fingerprint density at radius 1 is 1.50 bits per heavy atom. The molecule has 0 N–H and O–H groups in total. The van der Waals surface area contributed by atoms with Gasteiger partial charge in [0.1, 0.15) is 6.07 Å². The molecule has 3 nitrogen and oxygen atoms in total. The number of nitriles is 1. The molecule has 1 aromatic carbocycles. The van der Waals surface area contributed by atoms with Crippen LogP contribution in [0.25, 0.3) is 0 Å². The summed E-state index contributed by atoms with van der Waals surface area (Å²) in [5.41, 5.74) is 2.14. The second-order valence-electron chi connectivity index (χ2n) is 3.07. The van der Waals surface area contributed by atoms with Gasteiger partial charge in [-0.25, -0.2) is 0 Å². The third-order valence-corrected chi connectivity index (χ3v) is 3.64. The largest absolute Gasteiger partial charge is 0.469 e. The minimum Gasteiger partial charge on any atom is -0.469 e. The van der Waals surface area contributed by atoms with Gasteiger partial charge in [0, 0.05) is 9.80 Å². The van der Waals surface area contributed by atoms with Crippen molar-refractivity contribution in [1.29, 1.82) is 5.26 Å². The van der Waals surface area contributed by atoms with Crippen LogP contribution in [0.2, 0.25) is 0 Å². The van der Waals surface area contributed by atoms with Crippen molar-refractivity contribution in [3.8, 4) is 6.07 Å². The fraction of sp³-hybridized carbons (Fsp3) is 0.273. The first-order valence-electron chi connectivity index (χ1n) is 4.47. The Balaban J connectivity index is 3.17. The molecule has 0 unspecified atom stereocenters. The first kappa shape index (κ1) is 13.2. The third-order valence-electron chi connectivity index (χ3n) is 2.13. The zero-order chi connectivity index (χ0) is 12.1. The van der Waals surface area contributed by atoms with Gasteiger partial charge in [-0.15, -0.1) is 0 Å². The van der Waals surface area contributed by atoms with Crippen LogP contribution in [0.15, 0.2) is 16.6 Å². The Morgan fingerprint density at radius 3 is 2.62 bits per heavy atom. The van der Waals surface area contributed by atoms with Gasteiger partial charge in [-0.2, -0.15) is 5.26 Å². The Kier molecular flexibility index (Phi) is 4.97. The molecule has 16 heavy (non-hydrogen) atoms. The summed E-state index contributed by atoms with van der Waals surface area (Å²) in [6.07, 6.45) is 0.112. The number of ether oxygens (including phenoxy) is 1. The zero-order valence-electron chi connectivity index (χ0n) is 8.59. The molecule has 1 rings (SSSR count). The number of rotatable bonds is 3. The summed E-state index contributed by atoms with van der Waals surface area (Å²) in [6.45, 7) is 0. The standard InChI is InChI=1S/C11H9Br2NO2/c1-16-10(15)4-7-2-3-8(5-12)11(13)9(7)6-14/h2-3H,4-5H2,1H3. The SMILES string of the molecule is COC(=O)Cc1ccc(CBr)c(Br)c1C#N. The van der Waals surface area contributed by atoms with Gasteiger partial charge in [0.05, 0.1) is 19.1 Å². The van der Waals surface area contributed by atoms with E-state index in [0.717, 1.165) is 10.0 Å². The van der Waals surface area contributed by atoms with E-state index < -0.39 is 0 Å². The number of alkyl halides is 1. The maximum Gasteiger partial charge on any atom is 0.310 e. The molecule has 0 aromatic heterocycles. The quantitative estimate of drug-likeness (QED) is 0.624. The number of esters is 1. The molecule has 0 radical (unpaired) electrons. The van der Waals surface area contributed by atoms with Gasteiger partial charge in [-0.3, -0.25) is 4.79 Å². The first-order chi connectivity index (χ1) is 7.63. The lowest BCUT2D eigenvalue weighted by Crippen LogP contribution is -2.06. The molecule has 1 aromatic rings. The van der Waals surface area contributed by atoms with Crippen molar-refractivity contribution < 1.29 is 9.53 Å². The van der Waals surface area contributed by atoms with Crippen LogP contribution in [0.4, 0.5) is 0 Å². The van der Waals surface area contributed by atoms with Crippen molar-refractivity contribution in [3.05, 3.63) is 33.3 Å². The zero-order valence-corrected chi connectivity index (χ0v) is 11.8. The Hall–Kier alpha value is -0.860. The van der Waals surface area contributed by atoms with Crippen molar-refractivity contribution in [3.63, 3.8) is 0 Å². The number of carbonyl (C=O) groups is 1. The van der Waals surface area contributed by atoms with Crippen molar-refractivity contribution in [1.82, 2.24) is 0 Å². The molecular weight excluding hydrogens is 338 g/mol. The molecule has 0 spiro atoms. The number of hydrogen-bond acceptors (Lipinski definition) is 3. The maximum atomic E-state index is 11.2. The van der Waals surface area contributed by atoms with Gasteiger partial charge in [-0.05, 0) is 27.1 Å². The van der Waals surface area contributed by atoms with Gasteiger partial charge in [0.25, 0.3) is 0 Å². The Morgan fingerprint density at radius 2 is 2.12 bits per heavy atom.